The monoisotopic (exact) mass is 333 g/mol. The Bertz CT molecular complexity index is 600. The number of piperidine rings is 1. The predicted molar refractivity (Wildman–Crippen MR) is 81.9 cm³/mol. The Labute approximate surface area is 129 Å². The van der Waals surface area contributed by atoms with Gasteiger partial charge in [0, 0.05) is 25.3 Å². The van der Waals surface area contributed by atoms with E-state index in [2.05, 4.69) is 9.71 Å². The molecule has 6 nitrogen and oxygen atoms in total. The number of carbonyl (C=O) groups is 1. The summed E-state index contributed by atoms with van der Waals surface area (Å²) in [6, 6.07) is 1.67. The first-order valence-electron chi connectivity index (χ1n) is 6.96. The highest BCUT2D eigenvalue weighted by molar-refractivity contribution is 7.88. The van der Waals surface area contributed by atoms with Gasteiger partial charge >= 0.3 is 0 Å². The van der Waals surface area contributed by atoms with Gasteiger partial charge in [-0.25, -0.2) is 13.1 Å². The highest BCUT2D eigenvalue weighted by Crippen LogP contribution is 2.22. The maximum absolute atomic E-state index is 12.5. The van der Waals surface area contributed by atoms with Crippen molar-refractivity contribution in [2.24, 2.45) is 0 Å². The molecule has 118 valence electrons. The Kier molecular flexibility index (Phi) is 5.29. The number of likely N-dealkylation sites (tertiary alicyclic amines) is 1. The number of hydrogen-bond donors (Lipinski definition) is 2. The molecule has 2 heterocycles. The molecule has 1 aromatic rings. The number of H-pyrrole nitrogens is 1. The zero-order valence-corrected chi connectivity index (χ0v) is 13.5. The number of sulfonamides is 1. The first-order valence-corrected chi connectivity index (χ1v) is 9.23. The fraction of sp³-hybridized carbons (Fsp3) is 0.615. The molecule has 1 fully saturated rings. The van der Waals surface area contributed by atoms with E-state index in [-0.39, 0.29) is 11.9 Å². The molecule has 1 aliphatic rings. The molecule has 2 N–H and O–H groups in total. The van der Waals surface area contributed by atoms with Crippen LogP contribution in [0.25, 0.3) is 0 Å². The van der Waals surface area contributed by atoms with Gasteiger partial charge in [-0.1, -0.05) is 11.6 Å². The molecule has 2 rings (SSSR count). The van der Waals surface area contributed by atoms with Crippen LogP contribution >= 0.6 is 11.6 Å². The van der Waals surface area contributed by atoms with Crippen molar-refractivity contribution >= 4 is 27.5 Å². The SMILES string of the molecule is CS(=O)(=O)NCCC1CCCCN1C(=O)c1cc(Cl)c[nH]1. The molecule has 0 radical (unpaired) electrons. The summed E-state index contributed by atoms with van der Waals surface area (Å²) in [7, 11) is -3.19. The van der Waals surface area contributed by atoms with Crippen LogP contribution in [-0.4, -0.2) is 49.6 Å². The number of aromatic nitrogens is 1. The van der Waals surface area contributed by atoms with Crippen molar-refractivity contribution in [3.05, 3.63) is 23.0 Å². The van der Waals surface area contributed by atoms with Gasteiger partial charge in [0.05, 0.1) is 11.3 Å². The molecule has 0 spiro atoms. The Balaban J connectivity index is 1.99. The summed E-state index contributed by atoms with van der Waals surface area (Å²) in [6.07, 6.45) is 6.25. The highest BCUT2D eigenvalue weighted by atomic mass is 35.5. The molecule has 1 aliphatic heterocycles. The normalized spacial score (nSPS) is 19.7. The second-order valence-corrected chi connectivity index (χ2v) is 7.60. The van der Waals surface area contributed by atoms with E-state index in [1.165, 1.54) is 0 Å². The minimum Gasteiger partial charge on any atom is -0.356 e. The number of rotatable bonds is 5. The van der Waals surface area contributed by atoms with E-state index in [1.807, 2.05) is 4.90 Å². The number of carbonyl (C=O) groups excluding carboxylic acids is 1. The second kappa shape index (κ2) is 6.81. The lowest BCUT2D eigenvalue weighted by atomic mass is 9.99. The van der Waals surface area contributed by atoms with E-state index in [0.29, 0.717) is 30.2 Å². The van der Waals surface area contributed by atoms with Crippen molar-refractivity contribution in [2.75, 3.05) is 19.3 Å². The number of nitrogens with one attached hydrogen (secondary N) is 2. The van der Waals surface area contributed by atoms with Crippen molar-refractivity contribution in [3.8, 4) is 0 Å². The number of amides is 1. The maximum atomic E-state index is 12.5. The molecular weight excluding hydrogens is 314 g/mol. The summed E-state index contributed by atoms with van der Waals surface area (Å²) >= 11 is 5.83. The largest absolute Gasteiger partial charge is 0.356 e. The lowest BCUT2D eigenvalue weighted by molar-refractivity contribution is 0.0598. The van der Waals surface area contributed by atoms with Gasteiger partial charge in [-0.2, -0.15) is 0 Å². The van der Waals surface area contributed by atoms with E-state index in [9.17, 15) is 13.2 Å². The summed E-state index contributed by atoms with van der Waals surface area (Å²) in [5, 5.41) is 0.505. The molecule has 0 bridgehead atoms. The molecule has 8 heteroatoms. The molecule has 1 aromatic heterocycles. The zero-order chi connectivity index (χ0) is 15.5. The van der Waals surface area contributed by atoms with Crippen molar-refractivity contribution in [1.82, 2.24) is 14.6 Å². The van der Waals surface area contributed by atoms with Crippen LogP contribution in [0.2, 0.25) is 5.02 Å². The second-order valence-electron chi connectivity index (χ2n) is 5.33. The Hall–Kier alpha value is -1.05. The quantitative estimate of drug-likeness (QED) is 0.858. The Morgan fingerprint density at radius 1 is 1.52 bits per heavy atom. The Morgan fingerprint density at radius 2 is 2.29 bits per heavy atom. The van der Waals surface area contributed by atoms with Crippen LogP contribution in [0.1, 0.15) is 36.2 Å². The third kappa shape index (κ3) is 4.72. The average molecular weight is 334 g/mol. The van der Waals surface area contributed by atoms with Crippen LogP contribution in [0.4, 0.5) is 0 Å². The molecular formula is C13H20ClN3O3S. The van der Waals surface area contributed by atoms with Crippen LogP contribution in [0.15, 0.2) is 12.3 Å². The summed E-state index contributed by atoms with van der Waals surface area (Å²) in [6.45, 7) is 1.04. The molecule has 1 unspecified atom stereocenters. The van der Waals surface area contributed by atoms with Gasteiger partial charge in [0.1, 0.15) is 5.69 Å². The molecule has 0 saturated carbocycles. The van der Waals surface area contributed by atoms with Crippen molar-refractivity contribution in [3.63, 3.8) is 0 Å². The molecule has 21 heavy (non-hydrogen) atoms. The average Bonchev–Trinajstić information content (AvgIpc) is 2.84. The van der Waals surface area contributed by atoms with Gasteiger partial charge in [-0.15, -0.1) is 0 Å². The Morgan fingerprint density at radius 3 is 2.90 bits per heavy atom. The molecule has 1 atom stereocenters. The molecule has 0 aromatic carbocycles. The van der Waals surface area contributed by atoms with Gasteiger partial charge in [-0.3, -0.25) is 4.79 Å². The fourth-order valence-corrected chi connectivity index (χ4v) is 3.28. The summed E-state index contributed by atoms with van der Waals surface area (Å²) < 4.78 is 24.7. The van der Waals surface area contributed by atoms with Crippen LogP contribution in [0.5, 0.6) is 0 Å². The minimum absolute atomic E-state index is 0.0579. The van der Waals surface area contributed by atoms with Crippen LogP contribution in [0.3, 0.4) is 0 Å². The van der Waals surface area contributed by atoms with Crippen LogP contribution in [-0.2, 0) is 10.0 Å². The maximum Gasteiger partial charge on any atom is 0.270 e. The highest BCUT2D eigenvalue weighted by Gasteiger charge is 2.28. The van der Waals surface area contributed by atoms with Crippen molar-refractivity contribution in [1.29, 1.82) is 0 Å². The molecule has 1 saturated heterocycles. The lowest BCUT2D eigenvalue weighted by Gasteiger charge is -2.35. The van der Waals surface area contributed by atoms with E-state index in [1.54, 1.807) is 12.3 Å². The van der Waals surface area contributed by atoms with Crippen molar-refractivity contribution in [2.45, 2.75) is 31.7 Å². The summed E-state index contributed by atoms with van der Waals surface area (Å²) in [5.41, 5.74) is 0.475. The minimum atomic E-state index is -3.19. The van der Waals surface area contributed by atoms with Crippen LogP contribution in [0, 0.1) is 0 Å². The van der Waals surface area contributed by atoms with E-state index >= 15 is 0 Å². The number of aromatic amines is 1. The van der Waals surface area contributed by atoms with E-state index in [0.717, 1.165) is 25.5 Å². The third-order valence-corrected chi connectivity index (χ3v) is 4.55. The van der Waals surface area contributed by atoms with Crippen LogP contribution < -0.4 is 4.72 Å². The molecule has 0 aliphatic carbocycles. The number of hydrogen-bond acceptors (Lipinski definition) is 3. The van der Waals surface area contributed by atoms with Gasteiger partial charge in [0.25, 0.3) is 5.91 Å². The standard InChI is InChI=1S/C13H20ClN3O3S/c1-21(19,20)16-6-5-11-4-2-3-7-17(11)13(18)12-8-10(14)9-15-12/h8-9,11,15-16H,2-7H2,1H3. The van der Waals surface area contributed by atoms with E-state index < -0.39 is 10.0 Å². The third-order valence-electron chi connectivity index (χ3n) is 3.61. The van der Waals surface area contributed by atoms with Gasteiger partial charge in [0.2, 0.25) is 10.0 Å². The smallest absolute Gasteiger partial charge is 0.270 e. The number of nitrogens with zero attached hydrogens (tertiary/aromatic N) is 1. The topological polar surface area (TPSA) is 82.3 Å². The van der Waals surface area contributed by atoms with Gasteiger partial charge in [-0.05, 0) is 31.7 Å². The summed E-state index contributed by atoms with van der Waals surface area (Å²) in [4.78, 5) is 17.2. The van der Waals surface area contributed by atoms with E-state index in [4.69, 9.17) is 11.6 Å². The first kappa shape index (κ1) is 16.3. The molecule has 1 amide bonds. The predicted octanol–water partition coefficient (Wildman–Crippen LogP) is 1.60. The number of halogens is 1. The fourth-order valence-electron chi connectivity index (χ4n) is 2.63. The summed E-state index contributed by atoms with van der Waals surface area (Å²) in [5.74, 6) is -0.0778. The lowest BCUT2D eigenvalue weighted by Crippen LogP contribution is -2.45. The van der Waals surface area contributed by atoms with Gasteiger partial charge in [0.15, 0.2) is 0 Å². The van der Waals surface area contributed by atoms with Crippen molar-refractivity contribution < 1.29 is 13.2 Å². The zero-order valence-electron chi connectivity index (χ0n) is 11.9. The first-order chi connectivity index (χ1) is 9.87. The van der Waals surface area contributed by atoms with Gasteiger partial charge < -0.3 is 9.88 Å².